The molecule has 0 atom stereocenters. The first-order chi connectivity index (χ1) is 19.1. The first-order valence-corrected chi connectivity index (χ1v) is 13.3. The highest BCUT2D eigenvalue weighted by atomic mass is 16.1. The summed E-state index contributed by atoms with van der Waals surface area (Å²) in [4.78, 5) is 32.0. The van der Waals surface area contributed by atoms with E-state index in [1.165, 1.54) is 5.69 Å². The summed E-state index contributed by atoms with van der Waals surface area (Å²) in [6.07, 6.45) is 5.31. The summed E-state index contributed by atoms with van der Waals surface area (Å²) in [6, 6.07) is 22.1. The van der Waals surface area contributed by atoms with Crippen LogP contribution in [0.5, 0.6) is 0 Å². The normalized spacial score (nSPS) is 14.1. The van der Waals surface area contributed by atoms with E-state index >= 15 is 0 Å². The van der Waals surface area contributed by atoms with Gasteiger partial charge in [-0.15, -0.1) is 0 Å². The fraction of sp³-hybridized carbons (Fsp3) is 0.226. The topological polar surface area (TPSA) is 79.2 Å². The predicted octanol–water partition coefficient (Wildman–Crippen LogP) is 5.04. The molecule has 1 N–H and O–H groups in total. The van der Waals surface area contributed by atoms with Gasteiger partial charge < -0.3 is 15.1 Å². The fourth-order valence-corrected chi connectivity index (χ4v) is 5.16. The Kier molecular flexibility index (Phi) is 6.77. The molecule has 0 saturated carbocycles. The predicted molar refractivity (Wildman–Crippen MR) is 158 cm³/mol. The molecule has 0 bridgehead atoms. The number of aryl methyl sites for hydroxylation is 1. The van der Waals surface area contributed by atoms with Gasteiger partial charge in [0.1, 0.15) is 5.65 Å². The molecule has 3 aromatic heterocycles. The van der Waals surface area contributed by atoms with Gasteiger partial charge in [0.2, 0.25) is 5.95 Å². The molecule has 8 heteroatoms. The maximum Gasteiger partial charge on any atom is 0.260 e. The summed E-state index contributed by atoms with van der Waals surface area (Å²) in [5, 5.41) is 4.12. The van der Waals surface area contributed by atoms with Crippen molar-refractivity contribution >= 4 is 28.4 Å². The first-order valence-electron chi connectivity index (χ1n) is 13.3. The van der Waals surface area contributed by atoms with Crippen LogP contribution in [-0.4, -0.2) is 57.6 Å². The minimum absolute atomic E-state index is 0.0762. The highest BCUT2D eigenvalue weighted by Gasteiger charge is 2.17. The smallest absolute Gasteiger partial charge is 0.260 e. The van der Waals surface area contributed by atoms with Crippen LogP contribution in [0.3, 0.4) is 0 Å². The van der Waals surface area contributed by atoms with Crippen molar-refractivity contribution in [2.75, 3.05) is 43.4 Å². The Morgan fingerprint density at radius 2 is 1.59 bits per heavy atom. The van der Waals surface area contributed by atoms with Crippen molar-refractivity contribution in [3.63, 3.8) is 0 Å². The first kappa shape index (κ1) is 24.8. The SMILES string of the molecule is CCn1c(=O)c(-c2ccccc2-c2ccncc2)cc2cnc(Nc3ccc(N4CCN(C)CC4)cc3)nc21. The minimum Gasteiger partial charge on any atom is -0.369 e. The molecule has 0 unspecified atom stereocenters. The second-order valence-corrected chi connectivity index (χ2v) is 9.82. The molecule has 0 radical (unpaired) electrons. The average Bonchev–Trinajstić information content (AvgIpc) is 2.98. The van der Waals surface area contributed by atoms with Gasteiger partial charge in [0, 0.05) is 73.6 Å². The number of anilines is 3. The summed E-state index contributed by atoms with van der Waals surface area (Å²) < 4.78 is 1.72. The zero-order valence-corrected chi connectivity index (χ0v) is 22.2. The molecule has 8 nitrogen and oxygen atoms in total. The lowest BCUT2D eigenvalue weighted by molar-refractivity contribution is 0.313. The summed E-state index contributed by atoms with van der Waals surface area (Å²) in [5.41, 5.74) is 6.15. The number of nitrogens with one attached hydrogen (secondary N) is 1. The number of hydrogen-bond donors (Lipinski definition) is 1. The van der Waals surface area contributed by atoms with E-state index in [1.54, 1.807) is 23.2 Å². The number of rotatable bonds is 6. The van der Waals surface area contributed by atoms with Crippen LogP contribution in [0.2, 0.25) is 0 Å². The van der Waals surface area contributed by atoms with Crippen LogP contribution in [0.4, 0.5) is 17.3 Å². The van der Waals surface area contributed by atoms with Crippen molar-refractivity contribution in [2.24, 2.45) is 0 Å². The second kappa shape index (κ2) is 10.7. The molecule has 196 valence electrons. The van der Waals surface area contributed by atoms with Crippen LogP contribution in [0, 0.1) is 0 Å². The molecule has 1 saturated heterocycles. The van der Waals surface area contributed by atoms with Crippen molar-refractivity contribution in [3.8, 4) is 22.3 Å². The van der Waals surface area contributed by atoms with Gasteiger partial charge in [-0.25, -0.2) is 4.98 Å². The Hall–Kier alpha value is -4.56. The van der Waals surface area contributed by atoms with Crippen LogP contribution in [-0.2, 0) is 6.54 Å². The van der Waals surface area contributed by atoms with E-state index in [-0.39, 0.29) is 5.56 Å². The van der Waals surface area contributed by atoms with E-state index < -0.39 is 0 Å². The number of benzene rings is 2. The summed E-state index contributed by atoms with van der Waals surface area (Å²) >= 11 is 0. The molecule has 1 fully saturated rings. The van der Waals surface area contributed by atoms with Crippen LogP contribution < -0.4 is 15.8 Å². The standard InChI is InChI=1S/C31H31N7O/c1-3-38-29-23(20-28(30(38)39)27-7-5-4-6-26(27)22-12-14-32-15-13-22)21-33-31(35-29)34-24-8-10-25(11-9-24)37-18-16-36(2)17-19-37/h4-15,20-21H,3,16-19H2,1-2H3,(H,33,34,35). The van der Waals surface area contributed by atoms with Crippen LogP contribution in [0.25, 0.3) is 33.3 Å². The Balaban J connectivity index is 1.32. The van der Waals surface area contributed by atoms with Gasteiger partial charge in [-0.2, -0.15) is 4.98 Å². The van der Waals surface area contributed by atoms with E-state index in [0.29, 0.717) is 23.7 Å². The molecule has 6 rings (SSSR count). The van der Waals surface area contributed by atoms with Crippen LogP contribution in [0.1, 0.15) is 6.92 Å². The van der Waals surface area contributed by atoms with Crippen LogP contribution >= 0.6 is 0 Å². The van der Waals surface area contributed by atoms with Crippen LogP contribution in [0.15, 0.2) is 90.1 Å². The van der Waals surface area contributed by atoms with Crippen molar-refractivity contribution in [2.45, 2.75) is 13.5 Å². The van der Waals surface area contributed by atoms with Crippen molar-refractivity contribution in [3.05, 3.63) is 95.7 Å². The number of nitrogens with zero attached hydrogens (tertiary/aromatic N) is 6. The quantitative estimate of drug-likeness (QED) is 0.338. The molecule has 1 aliphatic heterocycles. The number of piperazine rings is 1. The average molecular weight is 518 g/mol. The van der Waals surface area contributed by atoms with Crippen molar-refractivity contribution in [1.82, 2.24) is 24.4 Å². The Morgan fingerprint density at radius 3 is 2.31 bits per heavy atom. The molecule has 1 aliphatic rings. The van der Waals surface area contributed by atoms with Gasteiger partial charge in [-0.3, -0.25) is 14.3 Å². The van der Waals surface area contributed by atoms with Gasteiger partial charge in [0.25, 0.3) is 5.56 Å². The van der Waals surface area contributed by atoms with Crippen molar-refractivity contribution in [1.29, 1.82) is 0 Å². The number of hydrogen-bond acceptors (Lipinski definition) is 7. The molecular formula is C31H31N7O. The summed E-state index contributed by atoms with van der Waals surface area (Å²) in [7, 11) is 2.16. The largest absolute Gasteiger partial charge is 0.369 e. The van der Waals surface area contributed by atoms with E-state index in [1.807, 2.05) is 61.5 Å². The maximum atomic E-state index is 13.7. The Labute approximate surface area is 227 Å². The highest BCUT2D eigenvalue weighted by molar-refractivity contribution is 5.88. The van der Waals surface area contributed by atoms with Crippen molar-refractivity contribution < 1.29 is 0 Å². The van der Waals surface area contributed by atoms with E-state index in [2.05, 4.69) is 44.3 Å². The summed E-state index contributed by atoms with van der Waals surface area (Å²) in [5.74, 6) is 0.460. The van der Waals surface area contributed by atoms with Gasteiger partial charge in [-0.1, -0.05) is 24.3 Å². The molecular weight excluding hydrogens is 486 g/mol. The molecule has 2 aromatic carbocycles. The Morgan fingerprint density at radius 1 is 0.872 bits per heavy atom. The van der Waals surface area contributed by atoms with E-state index in [0.717, 1.165) is 53.9 Å². The Bertz CT molecular complexity index is 1660. The number of pyridine rings is 2. The van der Waals surface area contributed by atoms with Gasteiger partial charge in [0.15, 0.2) is 0 Å². The molecule has 5 aromatic rings. The fourth-order valence-electron chi connectivity index (χ4n) is 5.16. The number of fused-ring (bicyclic) bond motifs is 1. The lowest BCUT2D eigenvalue weighted by Gasteiger charge is -2.34. The van der Waals surface area contributed by atoms with Gasteiger partial charge >= 0.3 is 0 Å². The number of aromatic nitrogens is 4. The summed E-state index contributed by atoms with van der Waals surface area (Å²) in [6.45, 7) is 6.66. The molecule has 0 amide bonds. The molecule has 4 heterocycles. The zero-order valence-electron chi connectivity index (χ0n) is 22.2. The third kappa shape index (κ3) is 4.98. The highest BCUT2D eigenvalue weighted by Crippen LogP contribution is 2.31. The minimum atomic E-state index is -0.0762. The monoisotopic (exact) mass is 517 g/mol. The lowest BCUT2D eigenvalue weighted by Crippen LogP contribution is -2.44. The third-order valence-corrected chi connectivity index (χ3v) is 7.34. The molecule has 0 spiro atoms. The van der Waals surface area contributed by atoms with E-state index in [4.69, 9.17) is 4.98 Å². The second-order valence-electron chi connectivity index (χ2n) is 9.82. The lowest BCUT2D eigenvalue weighted by atomic mass is 9.95. The van der Waals surface area contributed by atoms with Gasteiger partial charge in [-0.05, 0) is 73.1 Å². The maximum absolute atomic E-state index is 13.7. The zero-order chi connectivity index (χ0) is 26.8. The molecule has 0 aliphatic carbocycles. The number of likely N-dealkylation sites (N-methyl/N-ethyl adjacent to an activating group) is 1. The molecule has 39 heavy (non-hydrogen) atoms. The van der Waals surface area contributed by atoms with E-state index in [9.17, 15) is 4.79 Å². The van der Waals surface area contributed by atoms with Gasteiger partial charge in [0.05, 0.1) is 0 Å². The third-order valence-electron chi connectivity index (χ3n) is 7.34.